The van der Waals surface area contributed by atoms with Gasteiger partial charge in [-0.15, -0.1) is 11.5 Å². The maximum absolute atomic E-state index is 4.94. The minimum absolute atomic E-state index is 0. The first-order chi connectivity index (χ1) is 22.3. The summed E-state index contributed by atoms with van der Waals surface area (Å²) in [5, 5.41) is 4.93. The molecule has 0 saturated heterocycles. The van der Waals surface area contributed by atoms with Crippen LogP contribution in [-0.2, 0) is 21.1 Å². The van der Waals surface area contributed by atoms with E-state index in [1.807, 2.05) is 6.20 Å². The SMILES string of the molecule is Cc1cccc(C)c1-c1ccnc(-n2c3[c-]c([Si](C)(C)c4[c-]c(N5CN(C)c6ccccc65)ccc4)ccc3c3ccccc32)c1.[Pt+2]. The van der Waals surface area contributed by atoms with Crippen LogP contribution in [0.4, 0.5) is 17.1 Å². The van der Waals surface area contributed by atoms with E-state index >= 15 is 0 Å². The zero-order chi connectivity index (χ0) is 31.6. The Morgan fingerprint density at radius 3 is 2.21 bits per heavy atom. The zero-order valence-corrected chi connectivity index (χ0v) is 30.6. The molecule has 0 atom stereocenters. The standard InChI is InChI=1S/C41H36N4Si.Pt/c1-28-12-10-13-29(2)41(28)30-22-23-42-40(24-30)45-36-17-7-6-16-34(36)35-21-20-33(26-39(35)45)46(4,5)32-15-11-14-31(25-32)44-27-43(3)37-18-8-9-19-38(37)44;/h6-24H,27H2,1-5H3;/q-2;+2. The average Bonchev–Trinajstić information content (AvgIpc) is 3.59. The van der Waals surface area contributed by atoms with Gasteiger partial charge in [0.05, 0.1) is 26.1 Å². The Hall–Kier alpha value is -4.44. The van der Waals surface area contributed by atoms with Gasteiger partial charge in [0, 0.05) is 18.8 Å². The number of hydrogen-bond acceptors (Lipinski definition) is 3. The Morgan fingerprint density at radius 2 is 1.40 bits per heavy atom. The van der Waals surface area contributed by atoms with Crippen LogP contribution in [0.25, 0.3) is 38.8 Å². The van der Waals surface area contributed by atoms with Crippen LogP contribution < -0.4 is 20.2 Å². The minimum Gasteiger partial charge on any atom is -0.355 e. The smallest absolute Gasteiger partial charge is 0.355 e. The van der Waals surface area contributed by atoms with Crippen LogP contribution in [0.5, 0.6) is 0 Å². The second-order valence-electron chi connectivity index (χ2n) is 13.0. The summed E-state index contributed by atoms with van der Waals surface area (Å²) in [5.74, 6) is 0.907. The third kappa shape index (κ3) is 5.13. The molecular weight excluding hydrogens is 772 g/mol. The fourth-order valence-electron chi connectivity index (χ4n) is 7.17. The van der Waals surface area contributed by atoms with Gasteiger partial charge in [-0.1, -0.05) is 72.8 Å². The molecule has 0 amide bonds. The minimum atomic E-state index is -2.20. The Balaban J connectivity index is 0.00000351. The van der Waals surface area contributed by atoms with Crippen molar-refractivity contribution in [1.29, 1.82) is 0 Å². The molecular formula is C41H36N4PtSi. The summed E-state index contributed by atoms with van der Waals surface area (Å²) >= 11 is 0. The molecule has 2 aromatic heterocycles. The van der Waals surface area contributed by atoms with Crippen LogP contribution in [-0.4, -0.2) is 31.3 Å². The molecule has 0 saturated carbocycles. The number of anilines is 3. The van der Waals surface area contributed by atoms with Gasteiger partial charge in [-0.2, -0.15) is 46.8 Å². The van der Waals surface area contributed by atoms with E-state index < -0.39 is 8.07 Å². The van der Waals surface area contributed by atoms with Crippen molar-refractivity contribution >= 4 is 57.3 Å². The van der Waals surface area contributed by atoms with Crippen LogP contribution in [0, 0.1) is 26.0 Å². The van der Waals surface area contributed by atoms with Gasteiger partial charge in [0.25, 0.3) is 0 Å². The third-order valence-electron chi connectivity index (χ3n) is 9.68. The van der Waals surface area contributed by atoms with Gasteiger partial charge in [0.2, 0.25) is 0 Å². The van der Waals surface area contributed by atoms with E-state index in [1.165, 1.54) is 54.8 Å². The quantitative estimate of drug-likeness (QED) is 0.129. The van der Waals surface area contributed by atoms with Gasteiger partial charge in [0.15, 0.2) is 0 Å². The Labute approximate surface area is 292 Å². The number of para-hydroxylation sites is 3. The maximum Gasteiger partial charge on any atom is 2.00 e. The number of aromatic nitrogens is 2. The van der Waals surface area contributed by atoms with Crippen molar-refractivity contribution in [2.24, 2.45) is 0 Å². The van der Waals surface area contributed by atoms with Crippen molar-refractivity contribution < 1.29 is 21.1 Å². The average molecular weight is 808 g/mol. The number of nitrogens with zero attached hydrogens (tertiary/aromatic N) is 4. The monoisotopic (exact) mass is 807 g/mol. The number of benzene rings is 5. The van der Waals surface area contributed by atoms with Crippen molar-refractivity contribution in [1.82, 2.24) is 9.55 Å². The van der Waals surface area contributed by atoms with E-state index in [2.05, 4.69) is 170 Å². The number of hydrogen-bond donors (Lipinski definition) is 0. The molecule has 0 bridgehead atoms. The molecule has 234 valence electrons. The summed E-state index contributed by atoms with van der Waals surface area (Å²) in [7, 11) is -0.0499. The second-order valence-corrected chi connectivity index (χ2v) is 17.3. The summed E-state index contributed by atoms with van der Waals surface area (Å²) < 4.78 is 2.30. The molecule has 0 aliphatic carbocycles. The van der Waals surface area contributed by atoms with Crippen LogP contribution in [0.2, 0.25) is 13.1 Å². The van der Waals surface area contributed by atoms with Gasteiger partial charge >= 0.3 is 21.1 Å². The number of rotatable bonds is 5. The first-order valence-electron chi connectivity index (χ1n) is 15.9. The van der Waals surface area contributed by atoms with Crippen molar-refractivity contribution in [2.75, 3.05) is 23.5 Å². The maximum atomic E-state index is 4.94. The van der Waals surface area contributed by atoms with E-state index in [0.29, 0.717) is 0 Å². The molecule has 8 rings (SSSR count). The molecule has 1 aliphatic heterocycles. The normalized spacial score (nSPS) is 12.9. The van der Waals surface area contributed by atoms with Gasteiger partial charge in [0.1, 0.15) is 5.82 Å². The van der Waals surface area contributed by atoms with Crippen molar-refractivity contribution in [2.45, 2.75) is 26.9 Å². The van der Waals surface area contributed by atoms with E-state index in [0.717, 1.165) is 29.2 Å². The molecule has 1 aliphatic rings. The summed E-state index contributed by atoms with van der Waals surface area (Å²) in [6.07, 6.45) is 1.94. The van der Waals surface area contributed by atoms with Crippen LogP contribution in [0.15, 0.2) is 115 Å². The first-order valence-corrected chi connectivity index (χ1v) is 18.9. The number of pyridine rings is 1. The molecule has 7 aromatic rings. The summed E-state index contributed by atoms with van der Waals surface area (Å²) in [6, 6.07) is 47.1. The topological polar surface area (TPSA) is 24.3 Å². The second kappa shape index (κ2) is 12.0. The number of fused-ring (bicyclic) bond motifs is 4. The van der Waals surface area contributed by atoms with Crippen molar-refractivity contribution in [3.8, 4) is 16.9 Å². The number of aryl methyl sites for hydroxylation is 2. The molecule has 3 heterocycles. The van der Waals surface area contributed by atoms with Crippen LogP contribution in [0.3, 0.4) is 0 Å². The zero-order valence-electron chi connectivity index (χ0n) is 27.3. The first kappa shape index (κ1) is 31.2. The molecule has 6 heteroatoms. The van der Waals surface area contributed by atoms with E-state index in [4.69, 9.17) is 4.98 Å². The molecule has 4 nitrogen and oxygen atoms in total. The molecule has 0 unspecified atom stereocenters. The van der Waals surface area contributed by atoms with Crippen LogP contribution >= 0.6 is 0 Å². The molecule has 47 heavy (non-hydrogen) atoms. The van der Waals surface area contributed by atoms with Gasteiger partial charge in [-0.25, -0.2) is 4.98 Å². The van der Waals surface area contributed by atoms with Gasteiger partial charge < -0.3 is 14.4 Å². The Kier molecular flexibility index (Phi) is 7.94. The summed E-state index contributed by atoms with van der Waals surface area (Å²) in [5.41, 5.74) is 10.8. The molecule has 0 radical (unpaired) electrons. The van der Waals surface area contributed by atoms with Crippen molar-refractivity contribution in [3.05, 3.63) is 139 Å². The van der Waals surface area contributed by atoms with E-state index in [-0.39, 0.29) is 21.1 Å². The van der Waals surface area contributed by atoms with Crippen LogP contribution in [0.1, 0.15) is 11.1 Å². The summed E-state index contributed by atoms with van der Waals surface area (Å²) in [4.78, 5) is 9.59. The van der Waals surface area contributed by atoms with Crippen molar-refractivity contribution in [3.63, 3.8) is 0 Å². The van der Waals surface area contributed by atoms with Gasteiger partial charge in [-0.05, 0) is 71.8 Å². The molecule has 0 fully saturated rings. The Morgan fingerprint density at radius 1 is 0.702 bits per heavy atom. The Bertz CT molecular complexity index is 2270. The van der Waals surface area contributed by atoms with E-state index in [9.17, 15) is 0 Å². The van der Waals surface area contributed by atoms with Gasteiger partial charge in [-0.3, -0.25) is 0 Å². The molecule has 0 N–H and O–H groups in total. The fourth-order valence-corrected chi connectivity index (χ4v) is 9.35. The summed E-state index contributed by atoms with van der Waals surface area (Å²) in [6.45, 7) is 10.0. The largest absolute Gasteiger partial charge is 2.00 e. The predicted octanol–water partition coefficient (Wildman–Crippen LogP) is 8.43. The molecule has 0 spiro atoms. The molecule has 5 aromatic carbocycles. The third-order valence-corrected chi connectivity index (χ3v) is 13.0. The van der Waals surface area contributed by atoms with E-state index in [1.54, 1.807) is 0 Å². The predicted molar refractivity (Wildman–Crippen MR) is 196 cm³/mol. The fraction of sp³-hybridized carbons (Fsp3) is 0.146.